The second-order valence-corrected chi connectivity index (χ2v) is 20.9. The zero-order chi connectivity index (χ0) is 54.1. The minimum absolute atomic E-state index is 0.0413. The number of esters is 3. The first-order valence-electron chi connectivity index (χ1n) is 29.5. The lowest BCUT2D eigenvalue weighted by Gasteiger charge is -2.21. The van der Waals surface area contributed by atoms with E-state index in [4.69, 9.17) is 23.3 Å². The van der Waals surface area contributed by atoms with Crippen LogP contribution < -0.4 is 0 Å². The lowest BCUT2D eigenvalue weighted by atomic mass is 10.1. The molecule has 12 heteroatoms. The first-order chi connectivity index (χ1) is 36.2. The van der Waals surface area contributed by atoms with Crippen LogP contribution in [0.2, 0.25) is 0 Å². The van der Waals surface area contributed by atoms with Crippen LogP contribution in [0.1, 0.15) is 252 Å². The third-order valence-corrected chi connectivity index (χ3v) is 13.3. The van der Waals surface area contributed by atoms with Gasteiger partial charge in [0.05, 0.1) is 19.8 Å². The molecule has 11 nitrogen and oxygen atoms in total. The number of unbranched alkanes of at least 4 members (excludes halogenated alkanes) is 23. The maximum absolute atomic E-state index is 12.9. The Hall–Kier alpha value is -3.34. The smallest absolute Gasteiger partial charge is 0.462 e. The predicted octanol–water partition coefficient (Wildman–Crippen LogP) is 17.5. The summed E-state index contributed by atoms with van der Waals surface area (Å²) in [7, 11) is -4.77. The van der Waals surface area contributed by atoms with E-state index >= 15 is 0 Å². The molecule has 0 heterocycles. The molecule has 0 aromatic rings. The van der Waals surface area contributed by atoms with Gasteiger partial charge in [0.2, 0.25) is 0 Å². The van der Waals surface area contributed by atoms with E-state index in [0.29, 0.717) is 25.7 Å². The zero-order valence-corrected chi connectivity index (χ0v) is 47.9. The van der Waals surface area contributed by atoms with Crippen molar-refractivity contribution in [2.75, 3.05) is 26.4 Å². The molecule has 0 saturated carbocycles. The average Bonchev–Trinajstić information content (AvgIpc) is 3.39. The van der Waals surface area contributed by atoms with Gasteiger partial charge in [0.25, 0.3) is 0 Å². The highest BCUT2D eigenvalue weighted by Crippen LogP contribution is 2.43. The van der Waals surface area contributed by atoms with Crippen molar-refractivity contribution in [2.24, 2.45) is 0 Å². The van der Waals surface area contributed by atoms with Crippen LogP contribution in [0.15, 0.2) is 85.1 Å². The van der Waals surface area contributed by atoms with Gasteiger partial charge in [0.15, 0.2) is 6.10 Å². The molecule has 0 aromatic heterocycles. The Bertz CT molecular complexity index is 1560. The van der Waals surface area contributed by atoms with E-state index in [9.17, 15) is 28.9 Å². The number of allylic oxidation sites excluding steroid dienone is 14. The lowest BCUT2D eigenvalue weighted by molar-refractivity contribution is -0.161. The molecule has 0 saturated heterocycles. The van der Waals surface area contributed by atoms with Crippen LogP contribution in [-0.4, -0.2) is 66.5 Å². The first-order valence-corrected chi connectivity index (χ1v) is 31.0. The lowest BCUT2D eigenvalue weighted by Crippen LogP contribution is -2.30. The van der Waals surface area contributed by atoms with Gasteiger partial charge in [-0.2, -0.15) is 0 Å². The fourth-order valence-electron chi connectivity index (χ4n) is 7.85. The molecule has 426 valence electrons. The molecular weight excluding hydrogens is 952 g/mol. The number of aliphatic hydroxyl groups is 1. The quantitative estimate of drug-likeness (QED) is 0.0197. The summed E-state index contributed by atoms with van der Waals surface area (Å²) in [5, 5.41) is 9.82. The molecular formula is C62H107O11P. The Morgan fingerprint density at radius 1 is 0.392 bits per heavy atom. The van der Waals surface area contributed by atoms with Crippen molar-refractivity contribution in [1.29, 1.82) is 0 Å². The van der Waals surface area contributed by atoms with Crippen molar-refractivity contribution in [1.82, 2.24) is 0 Å². The van der Waals surface area contributed by atoms with Gasteiger partial charge in [-0.1, -0.05) is 234 Å². The molecule has 0 radical (unpaired) electrons. The van der Waals surface area contributed by atoms with Crippen LogP contribution in [0, 0.1) is 0 Å². The number of rotatable bonds is 54. The van der Waals surface area contributed by atoms with Crippen molar-refractivity contribution in [2.45, 2.75) is 264 Å². The summed E-state index contributed by atoms with van der Waals surface area (Å²) in [4.78, 5) is 48.5. The van der Waals surface area contributed by atoms with Crippen LogP contribution in [0.5, 0.6) is 0 Å². The molecule has 0 aliphatic carbocycles. The second kappa shape index (κ2) is 55.9. The highest BCUT2D eigenvalue weighted by molar-refractivity contribution is 7.47. The van der Waals surface area contributed by atoms with Gasteiger partial charge in [-0.05, 0) is 83.5 Å². The Morgan fingerprint density at radius 2 is 0.730 bits per heavy atom. The monoisotopic (exact) mass is 1060 g/mol. The molecule has 2 N–H and O–H groups in total. The van der Waals surface area contributed by atoms with Gasteiger partial charge in [0.1, 0.15) is 12.7 Å². The predicted molar refractivity (Wildman–Crippen MR) is 307 cm³/mol. The molecule has 0 aliphatic rings. The van der Waals surface area contributed by atoms with E-state index in [1.165, 1.54) is 109 Å². The number of carbonyl (C=O) groups is 3. The molecule has 0 spiro atoms. The molecule has 3 atom stereocenters. The number of carbonyl (C=O) groups excluding carboxylic acids is 3. The molecule has 0 amide bonds. The molecule has 0 fully saturated rings. The summed E-state index contributed by atoms with van der Waals surface area (Å²) in [6.07, 6.45) is 64.1. The third-order valence-electron chi connectivity index (χ3n) is 12.3. The minimum Gasteiger partial charge on any atom is -0.462 e. The topological polar surface area (TPSA) is 155 Å². The number of hydrogen-bond donors (Lipinski definition) is 2. The van der Waals surface area contributed by atoms with Crippen LogP contribution in [0.4, 0.5) is 0 Å². The Morgan fingerprint density at radius 3 is 1.16 bits per heavy atom. The second-order valence-electron chi connectivity index (χ2n) is 19.4. The highest BCUT2D eigenvalue weighted by Gasteiger charge is 2.28. The van der Waals surface area contributed by atoms with Crippen molar-refractivity contribution < 1.29 is 52.2 Å². The van der Waals surface area contributed by atoms with Crippen LogP contribution in [-0.2, 0) is 42.2 Å². The highest BCUT2D eigenvalue weighted by atomic mass is 31.2. The summed E-state index contributed by atoms with van der Waals surface area (Å²) in [5.41, 5.74) is 0. The summed E-state index contributed by atoms with van der Waals surface area (Å²) in [6.45, 7) is 4.44. The van der Waals surface area contributed by atoms with Crippen molar-refractivity contribution >= 4 is 25.7 Å². The molecule has 0 aromatic carbocycles. The van der Waals surface area contributed by atoms with E-state index in [1.54, 1.807) is 0 Å². The number of phosphoric acid groups is 1. The maximum Gasteiger partial charge on any atom is 0.472 e. The van der Waals surface area contributed by atoms with E-state index in [-0.39, 0.29) is 25.9 Å². The SMILES string of the molecule is CC/C=C\C/C=C\C/C=C\C/C=C\C/C=C\C/C=C\CCC(=O)OC(COC(=O)CCCCCCCCCCCCC)COP(=O)(O)OCC(CO)OC(=O)CCCCCCCCC/C=C\CCCCCCCC. The minimum atomic E-state index is -4.77. The van der Waals surface area contributed by atoms with Gasteiger partial charge in [-0.3, -0.25) is 23.4 Å². The normalized spacial score (nSPS) is 14.0. The summed E-state index contributed by atoms with van der Waals surface area (Å²) in [5.74, 6) is -1.57. The number of aliphatic hydroxyl groups excluding tert-OH is 1. The zero-order valence-electron chi connectivity index (χ0n) is 47.0. The van der Waals surface area contributed by atoms with Crippen LogP contribution >= 0.6 is 7.82 Å². The van der Waals surface area contributed by atoms with Crippen LogP contribution in [0.3, 0.4) is 0 Å². The molecule has 0 bridgehead atoms. The van der Waals surface area contributed by atoms with Gasteiger partial charge in [-0.25, -0.2) is 4.57 Å². The molecule has 74 heavy (non-hydrogen) atoms. The number of phosphoric ester groups is 1. The van der Waals surface area contributed by atoms with E-state index in [2.05, 4.69) is 93.7 Å². The average molecular weight is 1060 g/mol. The number of hydrogen-bond acceptors (Lipinski definition) is 10. The van der Waals surface area contributed by atoms with Gasteiger partial charge in [0, 0.05) is 19.3 Å². The maximum atomic E-state index is 12.9. The van der Waals surface area contributed by atoms with Gasteiger partial charge < -0.3 is 24.2 Å². The summed E-state index contributed by atoms with van der Waals surface area (Å²) < 4.78 is 39.4. The van der Waals surface area contributed by atoms with Crippen molar-refractivity contribution in [3.8, 4) is 0 Å². The summed E-state index contributed by atoms with van der Waals surface area (Å²) in [6, 6.07) is 0. The Labute approximate surface area is 451 Å². The fourth-order valence-corrected chi connectivity index (χ4v) is 8.63. The van der Waals surface area contributed by atoms with Gasteiger partial charge in [-0.15, -0.1) is 0 Å². The standard InChI is InChI=1S/C62H107O11P/c1-4-7-10-13-16-19-22-24-26-28-29-31-33-35-38-41-44-47-50-53-62(66)73-59(55-69-60(64)51-48-45-42-39-36-21-18-15-12-9-6-3)57-71-74(67,68)70-56-58(54-63)72-61(65)52-49-46-43-40-37-34-32-30-27-25-23-20-17-14-11-8-5-2/h7,10,16,19,24-27,29,31,35,38,44,47,58-59,63H,4-6,8-9,11-15,17-18,20-23,28,30,32-34,36-37,39-43,45-46,48-57H2,1-3H3,(H,67,68)/b10-7-,19-16-,26-24-,27-25-,31-29-,38-35-,47-44-. The summed E-state index contributed by atoms with van der Waals surface area (Å²) >= 11 is 0. The fraction of sp³-hybridized carbons (Fsp3) is 0.726. The number of ether oxygens (including phenoxy) is 3. The largest absolute Gasteiger partial charge is 0.472 e. The van der Waals surface area contributed by atoms with E-state index in [0.717, 1.165) is 77.0 Å². The van der Waals surface area contributed by atoms with E-state index in [1.807, 2.05) is 12.2 Å². The molecule has 3 unspecified atom stereocenters. The van der Waals surface area contributed by atoms with Crippen molar-refractivity contribution in [3.63, 3.8) is 0 Å². The van der Waals surface area contributed by atoms with Crippen molar-refractivity contribution in [3.05, 3.63) is 85.1 Å². The Balaban J connectivity index is 4.77. The molecule has 0 aliphatic heterocycles. The van der Waals surface area contributed by atoms with Gasteiger partial charge >= 0.3 is 25.7 Å². The van der Waals surface area contributed by atoms with Crippen LogP contribution in [0.25, 0.3) is 0 Å². The first kappa shape index (κ1) is 70.7. The molecule has 0 rings (SSSR count). The Kier molecular flexibility index (Phi) is 53.4. The van der Waals surface area contributed by atoms with E-state index < -0.39 is 57.8 Å². The third kappa shape index (κ3) is 53.5.